The number of hydrogen-bond acceptors (Lipinski definition) is 6. The van der Waals surface area contributed by atoms with Crippen LogP contribution in [0.2, 0.25) is 0 Å². The number of benzene rings is 5. The molecule has 1 aliphatic carbocycles. The summed E-state index contributed by atoms with van der Waals surface area (Å²) >= 11 is 0. The smallest absolute Gasteiger partial charge is 0.249 e. The zero-order chi connectivity index (χ0) is 44.0. The lowest BCUT2D eigenvalue weighted by Crippen LogP contribution is -2.59. The van der Waals surface area contributed by atoms with Gasteiger partial charge in [-0.3, -0.25) is 14.8 Å². The Hall–Kier alpha value is -6.39. The molecule has 1 unspecified atom stereocenters. The van der Waals surface area contributed by atoms with E-state index in [1.807, 2.05) is 91.0 Å². The lowest BCUT2D eigenvalue weighted by atomic mass is 9.77. The summed E-state index contributed by atoms with van der Waals surface area (Å²) in [5.74, 6) is -14.4. The van der Waals surface area contributed by atoms with Gasteiger partial charge in [-0.2, -0.15) is 9.40 Å². The van der Waals surface area contributed by atoms with Gasteiger partial charge >= 0.3 is 0 Å². The summed E-state index contributed by atoms with van der Waals surface area (Å²) in [5, 5.41) is 5.23. The molecule has 9 nitrogen and oxygen atoms in total. The molecule has 1 saturated carbocycles. The van der Waals surface area contributed by atoms with Gasteiger partial charge in [-0.15, -0.1) is 0 Å². The first kappa shape index (κ1) is 41.9. The molecule has 0 bridgehead atoms. The second-order valence-corrected chi connectivity index (χ2v) is 17.6. The number of carbonyl (C=O) groups excluding carboxylic acids is 1. The SMILES string of the molecule is O=C(C1CCN1S(=O)(=O)c1c(F)c(F)c(F)c(F)c1F)N(Cc1cnc(C2CCCCC2)cn1)c1cc2c(cnn2C(c2ccccc2)(c2ccccc2)c2ccccc2)cc1F. The van der Waals surface area contributed by atoms with Crippen LogP contribution in [0.3, 0.4) is 0 Å². The molecule has 2 aromatic heterocycles. The fourth-order valence-electron chi connectivity index (χ4n) is 8.92. The second-order valence-electron chi connectivity index (χ2n) is 15.7. The third-order valence-electron chi connectivity index (χ3n) is 12.1. The normalized spacial score (nSPS) is 16.3. The van der Waals surface area contributed by atoms with E-state index >= 15 is 13.2 Å². The maximum Gasteiger partial charge on any atom is 0.249 e. The summed E-state index contributed by atoms with van der Waals surface area (Å²) in [6.07, 6.45) is 9.40. The van der Waals surface area contributed by atoms with Gasteiger partial charge in [-0.05, 0) is 48.1 Å². The maximum absolute atomic E-state index is 16.8. The van der Waals surface area contributed by atoms with Crippen molar-refractivity contribution in [3.05, 3.63) is 185 Å². The quantitative estimate of drug-likeness (QED) is 0.0556. The summed E-state index contributed by atoms with van der Waals surface area (Å²) in [7, 11) is -5.53. The summed E-state index contributed by atoms with van der Waals surface area (Å²) in [5.41, 5.74) is 2.20. The van der Waals surface area contributed by atoms with E-state index in [0.717, 1.165) is 59.4 Å². The molecule has 1 atom stereocenters. The molecule has 0 spiro atoms. The standard InChI is InChI=1S/C47H38F6N6O3S/c48-35-23-30-25-56-59(47(31-15-7-2-8-16-31,32-17-9-3-10-18-32)33-19-11-4-12-20-33)38(30)24-39(35)57(28-34-26-55-36(27-54-34)29-13-5-1-6-14-29)46(60)37-21-22-58(37)63(61,62)45-43(52)41(50)40(49)42(51)44(45)53/h2-4,7-12,15-20,23-27,29,37H,1,5-6,13-14,21-22,28H2. The van der Waals surface area contributed by atoms with Gasteiger partial charge in [-0.25, -0.2) is 39.4 Å². The highest BCUT2D eigenvalue weighted by Crippen LogP contribution is 2.44. The van der Waals surface area contributed by atoms with Crippen molar-refractivity contribution in [3.8, 4) is 0 Å². The lowest BCUT2D eigenvalue weighted by Gasteiger charge is -2.41. The van der Waals surface area contributed by atoms with Crippen molar-refractivity contribution in [1.29, 1.82) is 0 Å². The van der Waals surface area contributed by atoms with Crippen LogP contribution < -0.4 is 4.90 Å². The number of halogens is 6. The largest absolute Gasteiger partial charge is 0.302 e. The molecule has 1 aliphatic heterocycles. The molecule has 2 aliphatic rings. The van der Waals surface area contributed by atoms with Gasteiger partial charge in [0.25, 0.3) is 0 Å². The number of sulfonamides is 1. The number of rotatable bonds is 11. The van der Waals surface area contributed by atoms with Crippen LogP contribution in [-0.2, 0) is 26.9 Å². The lowest BCUT2D eigenvalue weighted by molar-refractivity contribution is -0.125. The van der Waals surface area contributed by atoms with Crippen LogP contribution in [0.5, 0.6) is 0 Å². The van der Waals surface area contributed by atoms with Crippen LogP contribution in [0, 0.1) is 34.9 Å². The highest BCUT2D eigenvalue weighted by molar-refractivity contribution is 7.89. The monoisotopic (exact) mass is 880 g/mol. The molecular weight excluding hydrogens is 843 g/mol. The Morgan fingerprint density at radius 1 is 0.683 bits per heavy atom. The Morgan fingerprint density at radius 3 is 1.75 bits per heavy atom. The summed E-state index contributed by atoms with van der Waals surface area (Å²) in [6.45, 7) is -0.953. The second kappa shape index (κ2) is 16.7. The van der Waals surface area contributed by atoms with Crippen LogP contribution in [-0.4, -0.2) is 51.0 Å². The Morgan fingerprint density at radius 2 is 1.24 bits per heavy atom. The Kier molecular flexibility index (Phi) is 11.1. The van der Waals surface area contributed by atoms with E-state index in [1.165, 1.54) is 24.5 Å². The predicted molar refractivity (Wildman–Crippen MR) is 222 cm³/mol. The Bertz CT molecular complexity index is 2810. The zero-order valence-electron chi connectivity index (χ0n) is 33.4. The topological polar surface area (TPSA) is 101 Å². The minimum Gasteiger partial charge on any atom is -0.302 e. The molecule has 5 aromatic carbocycles. The van der Waals surface area contributed by atoms with Crippen molar-refractivity contribution >= 4 is 32.5 Å². The summed E-state index contributed by atoms with van der Waals surface area (Å²) in [4.78, 5) is 22.9. The van der Waals surface area contributed by atoms with E-state index in [0.29, 0.717) is 15.2 Å². The molecule has 0 N–H and O–H groups in total. The van der Waals surface area contributed by atoms with Crippen molar-refractivity contribution < 1.29 is 39.6 Å². The molecule has 1 saturated heterocycles. The van der Waals surface area contributed by atoms with Gasteiger partial charge in [0.2, 0.25) is 21.7 Å². The van der Waals surface area contributed by atoms with Crippen molar-refractivity contribution in [1.82, 2.24) is 24.1 Å². The van der Waals surface area contributed by atoms with Gasteiger partial charge in [0.15, 0.2) is 28.2 Å². The number of carbonyl (C=O) groups is 1. The molecule has 0 radical (unpaired) electrons. The highest BCUT2D eigenvalue weighted by atomic mass is 32.2. The van der Waals surface area contributed by atoms with Gasteiger partial charge in [0, 0.05) is 24.0 Å². The van der Waals surface area contributed by atoms with Crippen LogP contribution in [0.25, 0.3) is 10.9 Å². The van der Waals surface area contributed by atoms with E-state index in [-0.39, 0.29) is 23.7 Å². The Labute approximate surface area is 358 Å². The number of amides is 1. The van der Waals surface area contributed by atoms with E-state index in [9.17, 15) is 26.4 Å². The fourth-order valence-corrected chi connectivity index (χ4v) is 10.7. The minimum atomic E-state index is -5.53. The van der Waals surface area contributed by atoms with Crippen molar-refractivity contribution in [2.75, 3.05) is 11.4 Å². The molecule has 7 aromatic rings. The Balaban J connectivity index is 1.20. The average Bonchev–Trinajstić information content (AvgIpc) is 3.70. The van der Waals surface area contributed by atoms with Crippen LogP contribution in [0.15, 0.2) is 127 Å². The average molecular weight is 881 g/mol. The summed E-state index contributed by atoms with van der Waals surface area (Å²) in [6, 6.07) is 29.5. The van der Waals surface area contributed by atoms with Crippen molar-refractivity contribution in [2.24, 2.45) is 0 Å². The molecule has 2 fully saturated rings. The van der Waals surface area contributed by atoms with Crippen molar-refractivity contribution in [3.63, 3.8) is 0 Å². The van der Waals surface area contributed by atoms with Crippen LogP contribution >= 0.6 is 0 Å². The number of aromatic nitrogens is 4. The molecule has 1 amide bonds. The summed E-state index contributed by atoms with van der Waals surface area (Å²) < 4.78 is 119. The van der Waals surface area contributed by atoms with Gasteiger partial charge in [-0.1, -0.05) is 110 Å². The fraction of sp³-hybridized carbons (Fsp3) is 0.234. The van der Waals surface area contributed by atoms with Gasteiger partial charge in [0.1, 0.15) is 17.4 Å². The molecule has 322 valence electrons. The zero-order valence-corrected chi connectivity index (χ0v) is 34.3. The van der Waals surface area contributed by atoms with Gasteiger partial charge < -0.3 is 4.90 Å². The van der Waals surface area contributed by atoms with Crippen LogP contribution in [0.4, 0.5) is 32.0 Å². The van der Waals surface area contributed by atoms with E-state index in [2.05, 4.69) is 9.97 Å². The molecule has 63 heavy (non-hydrogen) atoms. The number of fused-ring (bicyclic) bond motifs is 1. The van der Waals surface area contributed by atoms with E-state index < -0.39 is 80.4 Å². The third kappa shape index (κ3) is 7.14. The molecule has 16 heteroatoms. The van der Waals surface area contributed by atoms with Crippen molar-refractivity contribution in [2.45, 2.75) is 67.5 Å². The first-order valence-corrected chi connectivity index (χ1v) is 21.9. The number of anilines is 1. The van der Waals surface area contributed by atoms with Gasteiger partial charge in [0.05, 0.1) is 41.5 Å². The minimum absolute atomic E-state index is 0.188. The first-order valence-electron chi connectivity index (χ1n) is 20.4. The number of nitrogens with zero attached hydrogens (tertiary/aromatic N) is 6. The first-order chi connectivity index (χ1) is 30.4. The van der Waals surface area contributed by atoms with E-state index in [1.54, 1.807) is 10.9 Å². The number of hydrogen-bond donors (Lipinski definition) is 0. The van der Waals surface area contributed by atoms with Crippen LogP contribution in [0.1, 0.15) is 72.5 Å². The molecule has 9 rings (SSSR count). The highest BCUT2D eigenvalue weighted by Gasteiger charge is 2.49. The predicted octanol–water partition coefficient (Wildman–Crippen LogP) is 9.55. The third-order valence-corrected chi connectivity index (χ3v) is 14.1. The molecular formula is C47H38F6N6O3S. The van der Waals surface area contributed by atoms with E-state index in [4.69, 9.17) is 5.10 Å². The maximum atomic E-state index is 16.8. The molecule has 3 heterocycles.